The Morgan fingerprint density at radius 3 is 2.85 bits per heavy atom. The van der Waals surface area contributed by atoms with Crippen LogP contribution in [-0.2, 0) is 0 Å². The first-order chi connectivity index (χ1) is 9.49. The number of aromatic nitrogens is 2. The first-order valence-corrected chi connectivity index (χ1v) is 5.89. The molecule has 7 nitrogen and oxygen atoms in total. The maximum atomic E-state index is 12.1. The number of aryl methyl sites for hydroxylation is 1. The molecule has 2 rings (SSSR count). The molecule has 0 radical (unpaired) electrons. The third kappa shape index (κ3) is 2.89. The summed E-state index contributed by atoms with van der Waals surface area (Å²) in [5.41, 5.74) is 0.157. The fourth-order valence-electron chi connectivity index (χ4n) is 1.54. The summed E-state index contributed by atoms with van der Waals surface area (Å²) in [4.78, 5) is 29.9. The third-order valence-electron chi connectivity index (χ3n) is 2.53. The van der Waals surface area contributed by atoms with Gasteiger partial charge in [-0.15, -0.1) is 0 Å². The van der Waals surface area contributed by atoms with Gasteiger partial charge in [0.25, 0.3) is 11.6 Å². The Balaban J connectivity index is 2.37. The zero-order valence-corrected chi connectivity index (χ0v) is 11.1. The van der Waals surface area contributed by atoms with E-state index in [4.69, 9.17) is 11.6 Å². The zero-order chi connectivity index (χ0) is 14.7. The number of carbonyl (C=O) groups is 1. The number of pyridine rings is 2. The van der Waals surface area contributed by atoms with E-state index in [1.165, 1.54) is 6.20 Å². The highest BCUT2D eigenvalue weighted by Crippen LogP contribution is 2.22. The van der Waals surface area contributed by atoms with Crippen molar-refractivity contribution >= 4 is 29.0 Å². The van der Waals surface area contributed by atoms with Gasteiger partial charge in [0.15, 0.2) is 0 Å². The minimum atomic E-state index is -0.691. The Morgan fingerprint density at radius 2 is 2.20 bits per heavy atom. The Hall–Kier alpha value is -2.54. The summed E-state index contributed by atoms with van der Waals surface area (Å²) >= 11 is 5.67. The number of hydrogen-bond acceptors (Lipinski definition) is 5. The number of carbonyl (C=O) groups excluding carboxylic acids is 1. The first-order valence-electron chi connectivity index (χ1n) is 5.52. The van der Waals surface area contributed by atoms with Crippen LogP contribution in [0.3, 0.4) is 0 Å². The molecule has 20 heavy (non-hydrogen) atoms. The molecular formula is C12H9ClN4O3. The molecule has 0 aliphatic carbocycles. The van der Waals surface area contributed by atoms with Crippen LogP contribution in [0.2, 0.25) is 5.15 Å². The Morgan fingerprint density at radius 1 is 1.45 bits per heavy atom. The van der Waals surface area contributed by atoms with Gasteiger partial charge in [-0.05, 0) is 24.6 Å². The number of nitro groups is 1. The van der Waals surface area contributed by atoms with Gasteiger partial charge in [0.05, 0.1) is 4.92 Å². The Bertz CT molecular complexity index is 690. The lowest BCUT2D eigenvalue weighted by Gasteiger charge is -2.07. The van der Waals surface area contributed by atoms with E-state index in [1.807, 2.05) is 0 Å². The molecule has 2 aromatic heterocycles. The summed E-state index contributed by atoms with van der Waals surface area (Å²) in [6.07, 6.45) is 2.46. The molecule has 102 valence electrons. The lowest BCUT2D eigenvalue weighted by molar-refractivity contribution is -0.385. The summed E-state index contributed by atoms with van der Waals surface area (Å²) in [6, 6.07) is 4.63. The van der Waals surface area contributed by atoms with Crippen molar-refractivity contribution in [1.29, 1.82) is 0 Å². The minimum absolute atomic E-state index is 0.00140. The summed E-state index contributed by atoms with van der Waals surface area (Å²) in [6.45, 7) is 1.76. The standard InChI is InChI=1S/C12H9ClN4O3/c1-7-3-2-4-14-11(7)16-12(18)8-5-10(13)15-6-9(8)17(19)20/h2-6H,1H3,(H,14,16,18). The Labute approximate surface area is 118 Å². The first kappa shape index (κ1) is 13.9. The van der Waals surface area contributed by atoms with Crippen LogP contribution in [-0.4, -0.2) is 20.8 Å². The highest BCUT2D eigenvalue weighted by Gasteiger charge is 2.22. The molecule has 0 fully saturated rings. The molecule has 2 aromatic rings. The maximum absolute atomic E-state index is 12.1. The highest BCUT2D eigenvalue weighted by atomic mass is 35.5. The number of amides is 1. The molecule has 0 saturated carbocycles. The molecule has 0 aliphatic heterocycles. The van der Waals surface area contributed by atoms with Crippen LogP contribution in [0.1, 0.15) is 15.9 Å². The summed E-state index contributed by atoms with van der Waals surface area (Å²) in [7, 11) is 0. The van der Waals surface area contributed by atoms with Crippen molar-refractivity contribution in [2.24, 2.45) is 0 Å². The van der Waals surface area contributed by atoms with Crippen molar-refractivity contribution in [1.82, 2.24) is 9.97 Å². The number of anilines is 1. The van der Waals surface area contributed by atoms with E-state index in [1.54, 1.807) is 19.1 Å². The van der Waals surface area contributed by atoms with E-state index < -0.39 is 16.5 Å². The van der Waals surface area contributed by atoms with Crippen LogP contribution in [0.15, 0.2) is 30.6 Å². The van der Waals surface area contributed by atoms with Crippen molar-refractivity contribution < 1.29 is 9.72 Å². The van der Waals surface area contributed by atoms with Gasteiger partial charge in [0, 0.05) is 6.20 Å². The van der Waals surface area contributed by atoms with Crippen molar-refractivity contribution in [2.45, 2.75) is 6.92 Å². The number of hydrogen-bond donors (Lipinski definition) is 1. The lowest BCUT2D eigenvalue weighted by atomic mass is 10.2. The minimum Gasteiger partial charge on any atom is -0.306 e. The molecule has 0 saturated heterocycles. The normalized spacial score (nSPS) is 10.1. The SMILES string of the molecule is Cc1cccnc1NC(=O)c1cc(Cl)ncc1[N+](=O)[O-]. The molecule has 0 aliphatic rings. The van der Waals surface area contributed by atoms with E-state index in [0.717, 1.165) is 17.8 Å². The average molecular weight is 293 g/mol. The van der Waals surface area contributed by atoms with E-state index in [9.17, 15) is 14.9 Å². The second kappa shape index (κ2) is 5.62. The molecule has 0 atom stereocenters. The largest absolute Gasteiger partial charge is 0.306 e. The molecule has 8 heteroatoms. The summed E-state index contributed by atoms with van der Waals surface area (Å²) in [5.74, 6) is -0.331. The van der Waals surface area contributed by atoms with Gasteiger partial charge >= 0.3 is 0 Å². The van der Waals surface area contributed by atoms with Gasteiger partial charge < -0.3 is 5.32 Å². The molecule has 2 heterocycles. The summed E-state index contributed by atoms with van der Waals surface area (Å²) < 4.78 is 0. The second-order valence-corrected chi connectivity index (χ2v) is 4.29. The topological polar surface area (TPSA) is 98.0 Å². The van der Waals surface area contributed by atoms with Crippen LogP contribution in [0, 0.1) is 17.0 Å². The van der Waals surface area contributed by atoms with Gasteiger partial charge in [-0.2, -0.15) is 0 Å². The van der Waals surface area contributed by atoms with E-state index >= 15 is 0 Å². The number of halogens is 1. The van der Waals surface area contributed by atoms with Crippen molar-refractivity contribution in [2.75, 3.05) is 5.32 Å². The molecule has 0 unspecified atom stereocenters. The molecule has 1 N–H and O–H groups in total. The Kier molecular flexibility index (Phi) is 3.90. The van der Waals surface area contributed by atoms with E-state index in [2.05, 4.69) is 15.3 Å². The monoisotopic (exact) mass is 292 g/mol. The van der Waals surface area contributed by atoms with E-state index in [-0.39, 0.29) is 10.7 Å². The molecule has 0 spiro atoms. The van der Waals surface area contributed by atoms with Crippen molar-refractivity contribution in [3.63, 3.8) is 0 Å². The third-order valence-corrected chi connectivity index (χ3v) is 2.74. The number of nitrogens with zero attached hydrogens (tertiary/aromatic N) is 3. The van der Waals surface area contributed by atoms with Gasteiger partial charge in [-0.25, -0.2) is 9.97 Å². The predicted molar refractivity (Wildman–Crippen MR) is 72.8 cm³/mol. The zero-order valence-electron chi connectivity index (χ0n) is 10.3. The average Bonchev–Trinajstić information content (AvgIpc) is 2.40. The number of rotatable bonds is 3. The molecule has 1 amide bonds. The molecular weight excluding hydrogens is 284 g/mol. The second-order valence-electron chi connectivity index (χ2n) is 3.90. The quantitative estimate of drug-likeness (QED) is 0.532. The van der Waals surface area contributed by atoms with Crippen LogP contribution >= 0.6 is 11.6 Å². The molecule has 0 bridgehead atoms. The number of nitrogens with one attached hydrogen (secondary N) is 1. The van der Waals surface area contributed by atoms with Gasteiger partial charge in [-0.3, -0.25) is 14.9 Å². The van der Waals surface area contributed by atoms with Crippen molar-refractivity contribution in [3.8, 4) is 0 Å². The fourth-order valence-corrected chi connectivity index (χ4v) is 1.70. The maximum Gasteiger partial charge on any atom is 0.300 e. The van der Waals surface area contributed by atoms with Gasteiger partial charge in [-0.1, -0.05) is 17.7 Å². The summed E-state index contributed by atoms with van der Waals surface area (Å²) in [5, 5.41) is 13.4. The van der Waals surface area contributed by atoms with Gasteiger partial charge in [0.2, 0.25) is 0 Å². The lowest BCUT2D eigenvalue weighted by Crippen LogP contribution is -2.16. The van der Waals surface area contributed by atoms with Crippen molar-refractivity contribution in [3.05, 3.63) is 57.0 Å². The predicted octanol–water partition coefficient (Wildman–Crippen LogP) is 2.60. The van der Waals surface area contributed by atoms with Crippen LogP contribution in [0.4, 0.5) is 11.5 Å². The molecule has 0 aromatic carbocycles. The van der Waals surface area contributed by atoms with Crippen LogP contribution in [0.25, 0.3) is 0 Å². The highest BCUT2D eigenvalue weighted by molar-refractivity contribution is 6.30. The fraction of sp³-hybridized carbons (Fsp3) is 0.0833. The smallest absolute Gasteiger partial charge is 0.300 e. The van der Waals surface area contributed by atoms with E-state index in [0.29, 0.717) is 5.82 Å². The van der Waals surface area contributed by atoms with Crippen LogP contribution in [0.5, 0.6) is 0 Å². The van der Waals surface area contributed by atoms with Gasteiger partial charge in [0.1, 0.15) is 22.7 Å². The van der Waals surface area contributed by atoms with Crippen LogP contribution < -0.4 is 5.32 Å².